The minimum atomic E-state index is -0.769. The highest BCUT2D eigenvalue weighted by Crippen LogP contribution is 2.30. The summed E-state index contributed by atoms with van der Waals surface area (Å²) in [6, 6.07) is 0. The van der Waals surface area contributed by atoms with Crippen molar-refractivity contribution < 1.29 is 9.90 Å². The lowest BCUT2D eigenvalue weighted by Crippen LogP contribution is -2.00. The predicted molar refractivity (Wildman–Crippen MR) is 66.2 cm³/mol. The van der Waals surface area contributed by atoms with E-state index in [4.69, 9.17) is 5.11 Å². The van der Waals surface area contributed by atoms with Crippen LogP contribution in [-0.2, 0) is 17.6 Å². The van der Waals surface area contributed by atoms with Crippen molar-refractivity contribution >= 4 is 17.3 Å². The van der Waals surface area contributed by atoms with Gasteiger partial charge in [-0.15, -0.1) is 11.3 Å². The molecular formula is C12H19NO2S. The fourth-order valence-electron chi connectivity index (χ4n) is 1.77. The van der Waals surface area contributed by atoms with Gasteiger partial charge in [-0.2, -0.15) is 0 Å². The Morgan fingerprint density at radius 2 is 2.00 bits per heavy atom. The standard InChI is InChI=1S/C12H19NO2S/c1-4-8(5-2)12-13-9(6-3)10(16-12)7-11(14)15/h8H,4-7H2,1-3H3,(H,14,15). The van der Waals surface area contributed by atoms with E-state index in [2.05, 4.69) is 18.8 Å². The van der Waals surface area contributed by atoms with Crippen molar-refractivity contribution in [2.24, 2.45) is 0 Å². The fraction of sp³-hybridized carbons (Fsp3) is 0.667. The van der Waals surface area contributed by atoms with E-state index in [1.165, 1.54) is 0 Å². The highest BCUT2D eigenvalue weighted by Gasteiger charge is 2.17. The van der Waals surface area contributed by atoms with Crippen LogP contribution in [0.25, 0.3) is 0 Å². The molecule has 0 aromatic carbocycles. The summed E-state index contributed by atoms with van der Waals surface area (Å²) >= 11 is 1.58. The summed E-state index contributed by atoms with van der Waals surface area (Å²) in [6.45, 7) is 6.33. The van der Waals surface area contributed by atoms with Gasteiger partial charge in [0.1, 0.15) is 0 Å². The number of aryl methyl sites for hydroxylation is 1. The van der Waals surface area contributed by atoms with Gasteiger partial charge >= 0.3 is 5.97 Å². The van der Waals surface area contributed by atoms with Crippen LogP contribution in [0.15, 0.2) is 0 Å². The monoisotopic (exact) mass is 241 g/mol. The van der Waals surface area contributed by atoms with E-state index in [9.17, 15) is 4.79 Å². The third-order valence-corrected chi connectivity index (χ3v) is 4.04. The van der Waals surface area contributed by atoms with Gasteiger partial charge in [-0.1, -0.05) is 20.8 Å². The second-order valence-corrected chi connectivity index (χ2v) is 4.97. The van der Waals surface area contributed by atoms with Crippen LogP contribution in [0.2, 0.25) is 0 Å². The van der Waals surface area contributed by atoms with Crippen molar-refractivity contribution in [2.45, 2.75) is 52.4 Å². The maximum absolute atomic E-state index is 10.7. The molecule has 16 heavy (non-hydrogen) atoms. The van der Waals surface area contributed by atoms with E-state index in [-0.39, 0.29) is 6.42 Å². The number of carboxylic acids is 1. The molecule has 4 heteroatoms. The Morgan fingerprint density at radius 3 is 2.44 bits per heavy atom. The molecule has 0 spiro atoms. The van der Waals surface area contributed by atoms with Crippen molar-refractivity contribution in [1.29, 1.82) is 0 Å². The SMILES string of the molecule is CCc1nc(C(CC)CC)sc1CC(=O)O. The zero-order chi connectivity index (χ0) is 12.1. The second kappa shape index (κ2) is 5.99. The first-order valence-electron chi connectivity index (χ1n) is 5.82. The van der Waals surface area contributed by atoms with E-state index in [0.717, 1.165) is 34.8 Å². The Hall–Kier alpha value is -0.900. The van der Waals surface area contributed by atoms with Crippen LogP contribution < -0.4 is 0 Å². The number of nitrogens with zero attached hydrogens (tertiary/aromatic N) is 1. The molecule has 0 fully saturated rings. The van der Waals surface area contributed by atoms with Crippen molar-refractivity contribution in [3.8, 4) is 0 Å². The second-order valence-electron chi connectivity index (χ2n) is 3.86. The highest BCUT2D eigenvalue weighted by molar-refractivity contribution is 7.12. The fourth-order valence-corrected chi connectivity index (χ4v) is 3.18. The summed E-state index contributed by atoms with van der Waals surface area (Å²) in [7, 11) is 0. The van der Waals surface area contributed by atoms with E-state index >= 15 is 0 Å². The Morgan fingerprint density at radius 1 is 1.38 bits per heavy atom. The molecule has 1 aromatic rings. The summed E-state index contributed by atoms with van der Waals surface area (Å²) in [6.07, 6.45) is 3.07. The first-order valence-corrected chi connectivity index (χ1v) is 6.64. The van der Waals surface area contributed by atoms with Crippen LogP contribution in [0.3, 0.4) is 0 Å². The number of rotatable bonds is 6. The highest BCUT2D eigenvalue weighted by atomic mass is 32.1. The average molecular weight is 241 g/mol. The van der Waals surface area contributed by atoms with Gasteiger partial charge in [0.2, 0.25) is 0 Å². The molecule has 0 aliphatic carbocycles. The van der Waals surface area contributed by atoms with Crippen molar-refractivity contribution in [2.75, 3.05) is 0 Å². The van der Waals surface area contributed by atoms with Crippen LogP contribution in [0.4, 0.5) is 0 Å². The van der Waals surface area contributed by atoms with Gasteiger partial charge in [-0.3, -0.25) is 4.79 Å². The average Bonchev–Trinajstić information content (AvgIpc) is 2.62. The minimum Gasteiger partial charge on any atom is -0.481 e. The number of aromatic nitrogens is 1. The smallest absolute Gasteiger partial charge is 0.308 e. The molecule has 0 bridgehead atoms. The molecule has 0 unspecified atom stereocenters. The zero-order valence-electron chi connectivity index (χ0n) is 10.1. The van der Waals surface area contributed by atoms with Crippen LogP contribution in [0.5, 0.6) is 0 Å². The van der Waals surface area contributed by atoms with Gasteiger partial charge in [-0.25, -0.2) is 4.98 Å². The molecule has 0 aliphatic rings. The van der Waals surface area contributed by atoms with Crippen LogP contribution in [0.1, 0.15) is 55.1 Å². The van der Waals surface area contributed by atoms with Gasteiger partial charge in [0.25, 0.3) is 0 Å². The van der Waals surface area contributed by atoms with Gasteiger partial charge in [-0.05, 0) is 19.3 Å². The van der Waals surface area contributed by atoms with Gasteiger partial charge in [0.15, 0.2) is 0 Å². The number of hydrogen-bond donors (Lipinski definition) is 1. The normalized spacial score (nSPS) is 11.0. The summed E-state index contributed by atoms with van der Waals surface area (Å²) in [5.74, 6) is -0.285. The summed E-state index contributed by atoms with van der Waals surface area (Å²) in [5, 5.41) is 9.94. The maximum Gasteiger partial charge on any atom is 0.308 e. The molecule has 0 saturated heterocycles. The molecule has 1 N–H and O–H groups in total. The van der Waals surface area contributed by atoms with E-state index < -0.39 is 5.97 Å². The molecule has 1 rings (SSSR count). The number of thiazole rings is 1. The summed E-state index contributed by atoms with van der Waals surface area (Å²) in [5.41, 5.74) is 0.967. The first kappa shape index (κ1) is 13.2. The lowest BCUT2D eigenvalue weighted by atomic mass is 10.1. The molecule has 0 atom stereocenters. The Bertz CT molecular complexity index is 356. The summed E-state index contributed by atoms with van der Waals surface area (Å²) in [4.78, 5) is 16.2. The lowest BCUT2D eigenvalue weighted by molar-refractivity contribution is -0.136. The van der Waals surface area contributed by atoms with Gasteiger partial charge in [0, 0.05) is 10.8 Å². The van der Waals surface area contributed by atoms with Crippen LogP contribution in [0, 0.1) is 0 Å². The van der Waals surface area contributed by atoms with Crippen molar-refractivity contribution in [1.82, 2.24) is 4.98 Å². The predicted octanol–water partition coefficient (Wildman–Crippen LogP) is 3.24. The van der Waals surface area contributed by atoms with E-state index in [1.807, 2.05) is 6.92 Å². The van der Waals surface area contributed by atoms with Crippen molar-refractivity contribution in [3.05, 3.63) is 15.6 Å². The third kappa shape index (κ3) is 3.04. The molecular weight excluding hydrogens is 222 g/mol. The molecule has 0 saturated carbocycles. The first-order chi connectivity index (χ1) is 7.62. The van der Waals surface area contributed by atoms with E-state index in [1.54, 1.807) is 11.3 Å². The quantitative estimate of drug-likeness (QED) is 0.831. The topological polar surface area (TPSA) is 50.2 Å². The molecule has 0 radical (unpaired) electrons. The number of aliphatic carboxylic acids is 1. The molecule has 90 valence electrons. The Balaban J connectivity index is 2.96. The van der Waals surface area contributed by atoms with Gasteiger partial charge < -0.3 is 5.11 Å². The molecule has 1 aromatic heterocycles. The molecule has 0 amide bonds. The largest absolute Gasteiger partial charge is 0.481 e. The Kier molecular flexibility index (Phi) is 4.93. The van der Waals surface area contributed by atoms with Crippen LogP contribution in [-0.4, -0.2) is 16.1 Å². The number of carboxylic acid groups (broad SMARTS) is 1. The number of carbonyl (C=O) groups is 1. The number of hydrogen-bond acceptors (Lipinski definition) is 3. The lowest BCUT2D eigenvalue weighted by Gasteiger charge is -2.06. The Labute approximate surface area is 101 Å². The zero-order valence-corrected chi connectivity index (χ0v) is 10.9. The third-order valence-electron chi connectivity index (χ3n) is 2.78. The summed E-state index contributed by atoms with van der Waals surface area (Å²) < 4.78 is 0. The van der Waals surface area contributed by atoms with Gasteiger partial charge in [0.05, 0.1) is 17.1 Å². The molecule has 1 heterocycles. The molecule has 0 aliphatic heterocycles. The van der Waals surface area contributed by atoms with Crippen LogP contribution >= 0.6 is 11.3 Å². The molecule has 3 nitrogen and oxygen atoms in total. The van der Waals surface area contributed by atoms with Crippen molar-refractivity contribution in [3.63, 3.8) is 0 Å². The maximum atomic E-state index is 10.7. The minimum absolute atomic E-state index is 0.112. The van der Waals surface area contributed by atoms with E-state index in [0.29, 0.717) is 5.92 Å².